The lowest BCUT2D eigenvalue weighted by atomic mass is 9.78. The van der Waals surface area contributed by atoms with E-state index in [0.717, 1.165) is 44.7 Å². The van der Waals surface area contributed by atoms with E-state index in [9.17, 15) is 0 Å². The molecule has 0 atom stereocenters. The number of aromatic amines is 2. The molecule has 8 bridgehead atoms. The van der Waals surface area contributed by atoms with Gasteiger partial charge >= 0.3 is 0 Å². The molecule has 0 spiro atoms. The van der Waals surface area contributed by atoms with Gasteiger partial charge in [-0.15, -0.1) is 0 Å². The lowest BCUT2D eigenvalue weighted by molar-refractivity contribution is 0.103. The maximum atomic E-state index is 15.4. The van der Waals surface area contributed by atoms with Crippen LogP contribution in [0.25, 0.3) is 68.6 Å². The average molecular weight is 895 g/mol. The van der Waals surface area contributed by atoms with Crippen molar-refractivity contribution in [1.82, 2.24) is 19.9 Å². The minimum atomic E-state index is -0.255. The Hall–Kier alpha value is -7.18. The second-order valence-electron chi connectivity index (χ2n) is 22.5. The van der Waals surface area contributed by atoms with E-state index in [1.165, 1.54) is 22.3 Å². The van der Waals surface area contributed by atoms with Crippen molar-refractivity contribution in [2.45, 2.75) is 105 Å². The van der Waals surface area contributed by atoms with E-state index in [4.69, 9.17) is 9.97 Å². The molecule has 6 heteroatoms. The van der Waals surface area contributed by atoms with E-state index in [1.807, 2.05) is 85.0 Å². The fourth-order valence-electron chi connectivity index (χ4n) is 9.00. The Morgan fingerprint density at radius 2 is 0.882 bits per heavy atom. The maximum absolute atomic E-state index is 15.4. The predicted octanol–water partition coefficient (Wildman–Crippen LogP) is 15.6. The first kappa shape index (κ1) is 46.0. The SMILES string of the molecule is CC(C)(C)c1cc(-c2c3nc(c(C(=O)c4ccccc4)c4[nH]c(cc4C(=O)c4ccccc4)c(-c4cc(C(C)(C)C)cc(C(C)(C)C)c4)c4nc(cc5ccc2[nH]5)C=C4)C=C3)cc(C(C)(C)C)c1. The van der Waals surface area contributed by atoms with Crippen LogP contribution in [0, 0.1) is 0 Å². The molecule has 0 aliphatic carbocycles. The highest BCUT2D eigenvalue weighted by Crippen LogP contribution is 2.41. The normalized spacial score (nSPS) is 13.0. The van der Waals surface area contributed by atoms with Crippen LogP contribution < -0.4 is 0 Å². The zero-order valence-electron chi connectivity index (χ0n) is 41.6. The highest BCUT2D eigenvalue weighted by molar-refractivity contribution is 6.22. The van der Waals surface area contributed by atoms with E-state index in [-0.39, 0.29) is 33.2 Å². The van der Waals surface area contributed by atoms with Crippen molar-refractivity contribution in [3.63, 3.8) is 0 Å². The van der Waals surface area contributed by atoms with Gasteiger partial charge in [-0.1, -0.05) is 180 Å². The summed E-state index contributed by atoms with van der Waals surface area (Å²) in [6.07, 6.45) is 8.02. The van der Waals surface area contributed by atoms with Gasteiger partial charge in [-0.25, -0.2) is 9.97 Å². The zero-order chi connectivity index (χ0) is 48.5. The molecule has 342 valence electrons. The Morgan fingerprint density at radius 3 is 1.40 bits per heavy atom. The summed E-state index contributed by atoms with van der Waals surface area (Å²) in [7, 11) is 0. The van der Waals surface area contributed by atoms with Crippen LogP contribution in [-0.4, -0.2) is 31.5 Å². The molecule has 3 aromatic heterocycles. The number of aromatic nitrogens is 4. The fraction of sp³-hybridized carbons (Fsp3) is 0.258. The highest BCUT2D eigenvalue weighted by atomic mass is 16.1. The molecule has 6 nitrogen and oxygen atoms in total. The van der Waals surface area contributed by atoms with Gasteiger partial charge in [-0.05, 0) is 104 Å². The number of benzene rings is 4. The Kier molecular flexibility index (Phi) is 11.4. The molecule has 68 heavy (non-hydrogen) atoms. The van der Waals surface area contributed by atoms with E-state index < -0.39 is 0 Å². The molecule has 0 amide bonds. The van der Waals surface area contributed by atoms with Crippen LogP contribution in [0.4, 0.5) is 0 Å². The fourth-order valence-corrected chi connectivity index (χ4v) is 9.00. The molecule has 7 aromatic rings. The summed E-state index contributed by atoms with van der Waals surface area (Å²) in [5.41, 5.74) is 15.0. The van der Waals surface area contributed by atoms with Crippen LogP contribution in [0.3, 0.4) is 0 Å². The number of hydrogen-bond donors (Lipinski definition) is 2. The summed E-state index contributed by atoms with van der Waals surface area (Å²) in [5, 5.41) is 0. The number of nitrogens with zero attached hydrogens (tertiary/aromatic N) is 2. The monoisotopic (exact) mass is 894 g/mol. The lowest BCUT2D eigenvalue weighted by Crippen LogP contribution is -2.16. The summed E-state index contributed by atoms with van der Waals surface area (Å²) in [6, 6.07) is 40.4. The van der Waals surface area contributed by atoms with E-state index in [1.54, 1.807) is 0 Å². The average Bonchev–Trinajstić information content (AvgIpc) is 4.13. The van der Waals surface area contributed by atoms with E-state index >= 15 is 9.59 Å². The summed E-state index contributed by atoms with van der Waals surface area (Å²) >= 11 is 0. The highest BCUT2D eigenvalue weighted by Gasteiger charge is 2.28. The van der Waals surface area contributed by atoms with Gasteiger partial charge in [0, 0.05) is 44.4 Å². The second kappa shape index (κ2) is 16.9. The van der Waals surface area contributed by atoms with Crippen molar-refractivity contribution in [1.29, 1.82) is 0 Å². The minimum absolute atomic E-state index is 0.135. The van der Waals surface area contributed by atoms with Crippen LogP contribution in [0.15, 0.2) is 121 Å². The predicted molar refractivity (Wildman–Crippen MR) is 284 cm³/mol. The van der Waals surface area contributed by atoms with E-state index in [2.05, 4.69) is 154 Å². The Bertz CT molecular complexity index is 3320. The van der Waals surface area contributed by atoms with Gasteiger partial charge in [-0.2, -0.15) is 0 Å². The molecule has 5 heterocycles. The minimum Gasteiger partial charge on any atom is -0.355 e. The first-order chi connectivity index (χ1) is 32.0. The largest absolute Gasteiger partial charge is 0.355 e. The number of H-pyrrole nitrogens is 2. The third-order valence-corrected chi connectivity index (χ3v) is 13.1. The third kappa shape index (κ3) is 9.00. The van der Waals surface area contributed by atoms with Gasteiger partial charge in [0.2, 0.25) is 0 Å². The third-order valence-electron chi connectivity index (χ3n) is 13.1. The van der Waals surface area contributed by atoms with Gasteiger partial charge in [0.05, 0.1) is 33.9 Å². The number of ketones is 2. The molecule has 0 radical (unpaired) electrons. The van der Waals surface area contributed by atoms with Gasteiger partial charge in [0.15, 0.2) is 11.6 Å². The molecular formula is C62H62N4O2. The zero-order valence-corrected chi connectivity index (χ0v) is 41.6. The molecule has 0 saturated heterocycles. The van der Waals surface area contributed by atoms with Crippen LogP contribution in [0.1, 0.15) is 160 Å². The second-order valence-corrected chi connectivity index (χ2v) is 22.5. The molecule has 2 aliphatic heterocycles. The number of carbonyl (C=O) groups excluding carboxylic acids is 2. The van der Waals surface area contributed by atoms with Crippen molar-refractivity contribution in [3.05, 3.63) is 189 Å². The number of rotatable bonds is 6. The molecular weight excluding hydrogens is 833 g/mol. The summed E-state index contributed by atoms with van der Waals surface area (Å²) in [4.78, 5) is 48.9. The molecule has 0 saturated carbocycles. The first-order valence-electron chi connectivity index (χ1n) is 23.7. The first-order valence-corrected chi connectivity index (χ1v) is 23.7. The molecule has 2 N–H and O–H groups in total. The summed E-state index contributed by atoms with van der Waals surface area (Å²) in [6.45, 7) is 26.8. The number of fused-ring (bicyclic) bond motifs is 8. The number of nitrogens with one attached hydrogen (secondary N) is 2. The van der Waals surface area contributed by atoms with Crippen LogP contribution in [-0.2, 0) is 21.7 Å². The van der Waals surface area contributed by atoms with Crippen molar-refractivity contribution >= 4 is 57.9 Å². The summed E-state index contributed by atoms with van der Waals surface area (Å²) < 4.78 is 0. The molecule has 9 rings (SSSR count). The quantitative estimate of drug-likeness (QED) is 0.163. The van der Waals surface area contributed by atoms with Crippen LogP contribution in [0.5, 0.6) is 0 Å². The van der Waals surface area contributed by atoms with Crippen LogP contribution >= 0.6 is 0 Å². The maximum Gasteiger partial charge on any atom is 0.197 e. The Balaban J connectivity index is 1.50. The Morgan fingerprint density at radius 1 is 0.426 bits per heavy atom. The van der Waals surface area contributed by atoms with Crippen molar-refractivity contribution in [2.75, 3.05) is 0 Å². The smallest absolute Gasteiger partial charge is 0.197 e. The molecule has 2 aliphatic rings. The van der Waals surface area contributed by atoms with Gasteiger partial charge in [0.25, 0.3) is 0 Å². The summed E-state index contributed by atoms with van der Waals surface area (Å²) in [5.74, 6) is -0.469. The molecule has 0 fully saturated rings. The van der Waals surface area contributed by atoms with Gasteiger partial charge in [0.1, 0.15) is 0 Å². The van der Waals surface area contributed by atoms with E-state index in [0.29, 0.717) is 44.7 Å². The van der Waals surface area contributed by atoms with Crippen molar-refractivity contribution in [3.8, 4) is 22.3 Å². The number of hydrogen-bond acceptors (Lipinski definition) is 4. The molecule has 0 unspecified atom stereocenters. The number of carbonyl (C=O) groups is 2. The van der Waals surface area contributed by atoms with Crippen LogP contribution in [0.2, 0.25) is 0 Å². The van der Waals surface area contributed by atoms with Gasteiger partial charge < -0.3 is 9.97 Å². The lowest BCUT2D eigenvalue weighted by Gasteiger charge is -2.26. The molecule has 4 aromatic carbocycles. The van der Waals surface area contributed by atoms with Crippen molar-refractivity contribution < 1.29 is 9.59 Å². The van der Waals surface area contributed by atoms with Gasteiger partial charge in [-0.3, -0.25) is 9.59 Å². The standard InChI is InChI=1S/C62H62N4O2/c1-59(2,3)41-29-39(30-42(33-41)60(4,5)6)53-48-25-23-45(63-48)35-46-24-26-49(64-46)54(40-31-43(61(7,8)9)34-44(32-40)62(10,11)12)52-36-47(57(67)37-19-15-13-16-20-37)56(66-52)55(51-28-27-50(53)65-51)58(68)38-21-17-14-18-22-38/h13-36,63,66H,1-12H3. The van der Waals surface area contributed by atoms with Crippen molar-refractivity contribution in [2.24, 2.45) is 0 Å². The Labute approximate surface area is 401 Å². The topological polar surface area (TPSA) is 91.5 Å².